The quantitative estimate of drug-likeness (QED) is 0.438. The van der Waals surface area contributed by atoms with Crippen molar-refractivity contribution in [1.82, 2.24) is 9.99 Å². The molecule has 0 bridgehead atoms. The molecule has 0 aliphatic carbocycles. The molecular weight excluding hydrogens is 462 g/mol. The Hall–Kier alpha value is -2.00. The van der Waals surface area contributed by atoms with E-state index in [4.69, 9.17) is 16.3 Å². The summed E-state index contributed by atoms with van der Waals surface area (Å²) >= 11 is 7.45. The highest BCUT2D eigenvalue weighted by Gasteiger charge is 2.50. The molecule has 1 aromatic heterocycles. The summed E-state index contributed by atoms with van der Waals surface area (Å²) in [6.45, 7) is 9.09. The summed E-state index contributed by atoms with van der Waals surface area (Å²) in [7, 11) is 1.35. The number of aromatic nitrogens is 1. The molecule has 0 saturated carbocycles. The highest BCUT2D eigenvalue weighted by atomic mass is 35.5. The molecule has 1 aromatic carbocycles. The molecule has 33 heavy (non-hydrogen) atoms. The maximum atomic E-state index is 12.1. The van der Waals surface area contributed by atoms with Crippen LogP contribution in [0, 0.1) is 11.3 Å². The Balaban J connectivity index is 1.93. The van der Waals surface area contributed by atoms with E-state index in [9.17, 15) is 14.7 Å². The van der Waals surface area contributed by atoms with Crippen molar-refractivity contribution in [3.8, 4) is 0 Å². The maximum Gasteiger partial charge on any atom is 0.311 e. The van der Waals surface area contributed by atoms with Crippen molar-refractivity contribution < 1.29 is 19.4 Å². The summed E-state index contributed by atoms with van der Waals surface area (Å²) in [5, 5.41) is 18.9. The topological polar surface area (TPSA) is 83.0 Å². The SMILES string of the molecule is COC(=O)Cc1csc(N([C@@H](C=O)C(C)C)N2CC[C@](O)(c3ccc(Cl)cc3)C(C)(C)C2)n1. The van der Waals surface area contributed by atoms with Crippen LogP contribution in [0.2, 0.25) is 5.02 Å². The molecule has 180 valence electrons. The van der Waals surface area contributed by atoms with Gasteiger partial charge in [-0.15, -0.1) is 11.3 Å². The minimum atomic E-state index is -1.05. The normalized spacial score (nSPS) is 21.6. The van der Waals surface area contributed by atoms with Crippen molar-refractivity contribution >= 4 is 40.3 Å². The summed E-state index contributed by atoms with van der Waals surface area (Å²) in [6, 6.07) is 6.91. The number of halogens is 1. The fraction of sp³-hybridized carbons (Fsp3) is 0.542. The van der Waals surface area contributed by atoms with Gasteiger partial charge >= 0.3 is 5.97 Å². The molecule has 1 aliphatic rings. The lowest BCUT2D eigenvalue weighted by molar-refractivity contribution is -0.139. The number of rotatable bonds is 8. The number of benzene rings is 1. The Morgan fingerprint density at radius 1 is 1.36 bits per heavy atom. The lowest BCUT2D eigenvalue weighted by Gasteiger charge is -2.53. The molecule has 0 amide bonds. The van der Waals surface area contributed by atoms with Gasteiger partial charge in [0.2, 0.25) is 5.13 Å². The van der Waals surface area contributed by atoms with E-state index in [0.717, 1.165) is 11.8 Å². The second kappa shape index (κ2) is 10.1. The van der Waals surface area contributed by atoms with Gasteiger partial charge in [0.1, 0.15) is 12.3 Å². The first-order chi connectivity index (χ1) is 15.5. The summed E-state index contributed by atoms with van der Waals surface area (Å²) in [5.74, 6) is -0.322. The van der Waals surface area contributed by atoms with E-state index in [2.05, 4.69) is 9.99 Å². The molecule has 1 fully saturated rings. The Kier molecular flexibility index (Phi) is 7.84. The van der Waals surface area contributed by atoms with Gasteiger partial charge in [-0.25, -0.2) is 9.99 Å². The molecule has 2 heterocycles. The van der Waals surface area contributed by atoms with Gasteiger partial charge in [0.25, 0.3) is 0 Å². The van der Waals surface area contributed by atoms with Gasteiger partial charge in [0.15, 0.2) is 0 Å². The van der Waals surface area contributed by atoms with Gasteiger partial charge < -0.3 is 14.6 Å². The van der Waals surface area contributed by atoms with Gasteiger partial charge in [-0.2, -0.15) is 0 Å². The number of methoxy groups -OCH3 is 1. The number of anilines is 1. The van der Waals surface area contributed by atoms with Crippen molar-refractivity contribution in [3.63, 3.8) is 0 Å². The zero-order valence-corrected chi connectivity index (χ0v) is 21.3. The lowest BCUT2D eigenvalue weighted by Crippen LogP contribution is -2.62. The van der Waals surface area contributed by atoms with Crippen LogP contribution in [0.1, 0.15) is 45.4 Å². The minimum absolute atomic E-state index is 0.0376. The second-order valence-electron chi connectivity index (χ2n) is 9.48. The average molecular weight is 494 g/mol. The molecule has 0 spiro atoms. The van der Waals surface area contributed by atoms with Crippen LogP contribution in [0.4, 0.5) is 5.13 Å². The molecular formula is C24H32ClN3O4S. The van der Waals surface area contributed by atoms with Crippen LogP contribution in [-0.4, -0.2) is 53.6 Å². The Bertz CT molecular complexity index is 978. The lowest BCUT2D eigenvalue weighted by atomic mass is 9.67. The van der Waals surface area contributed by atoms with Gasteiger partial charge in [0, 0.05) is 28.9 Å². The Morgan fingerprint density at radius 3 is 2.58 bits per heavy atom. The molecule has 2 aromatic rings. The van der Waals surface area contributed by atoms with Crippen molar-refractivity contribution in [3.05, 3.63) is 45.9 Å². The molecule has 9 heteroatoms. The third-order valence-corrected chi connectivity index (χ3v) is 7.58. The number of hydrogen-bond acceptors (Lipinski definition) is 8. The summed E-state index contributed by atoms with van der Waals surface area (Å²) in [5.41, 5.74) is -0.149. The molecule has 0 unspecified atom stereocenters. The number of hydrazine groups is 1. The minimum Gasteiger partial charge on any atom is -0.469 e. The molecule has 1 saturated heterocycles. The van der Waals surface area contributed by atoms with E-state index in [1.807, 2.05) is 50.2 Å². The highest BCUT2D eigenvalue weighted by molar-refractivity contribution is 7.13. The highest BCUT2D eigenvalue weighted by Crippen LogP contribution is 2.47. The van der Waals surface area contributed by atoms with Gasteiger partial charge in [-0.3, -0.25) is 9.80 Å². The second-order valence-corrected chi connectivity index (χ2v) is 10.8. The summed E-state index contributed by atoms with van der Waals surface area (Å²) < 4.78 is 4.76. The largest absolute Gasteiger partial charge is 0.469 e. The molecule has 1 N–H and O–H groups in total. The Labute approximate surface area is 204 Å². The molecule has 3 rings (SSSR count). The van der Waals surface area contributed by atoms with Gasteiger partial charge in [-0.1, -0.05) is 51.4 Å². The van der Waals surface area contributed by atoms with Crippen LogP contribution in [0.25, 0.3) is 0 Å². The van der Waals surface area contributed by atoms with Crippen LogP contribution in [-0.2, 0) is 26.3 Å². The number of thiazole rings is 1. The number of carbonyl (C=O) groups excluding carboxylic acids is 2. The smallest absolute Gasteiger partial charge is 0.311 e. The first kappa shape index (κ1) is 25.6. The van der Waals surface area contributed by atoms with Gasteiger partial charge in [0.05, 0.1) is 24.8 Å². The van der Waals surface area contributed by atoms with Crippen LogP contribution in [0.15, 0.2) is 29.6 Å². The third kappa shape index (κ3) is 5.24. The maximum absolute atomic E-state index is 12.1. The van der Waals surface area contributed by atoms with Crippen LogP contribution >= 0.6 is 22.9 Å². The predicted octanol–water partition coefficient (Wildman–Crippen LogP) is 4.08. The summed E-state index contributed by atoms with van der Waals surface area (Å²) in [4.78, 5) is 28.5. The first-order valence-electron chi connectivity index (χ1n) is 11.0. The van der Waals surface area contributed by atoms with Crippen molar-refractivity contribution in [2.75, 3.05) is 25.2 Å². The third-order valence-electron chi connectivity index (χ3n) is 6.45. The monoisotopic (exact) mass is 493 g/mol. The van der Waals surface area contributed by atoms with E-state index in [1.54, 1.807) is 12.1 Å². The first-order valence-corrected chi connectivity index (χ1v) is 12.3. The zero-order valence-electron chi connectivity index (χ0n) is 19.7. The number of esters is 1. The van der Waals surface area contributed by atoms with E-state index in [1.165, 1.54) is 18.4 Å². The number of piperidine rings is 1. The van der Waals surface area contributed by atoms with Crippen molar-refractivity contribution in [1.29, 1.82) is 0 Å². The van der Waals surface area contributed by atoms with E-state index in [0.29, 0.717) is 35.4 Å². The predicted molar refractivity (Wildman–Crippen MR) is 130 cm³/mol. The summed E-state index contributed by atoms with van der Waals surface area (Å²) in [6.07, 6.45) is 1.50. The number of aliphatic hydroxyl groups is 1. The number of nitrogens with zero attached hydrogens (tertiary/aromatic N) is 3. The van der Waals surface area contributed by atoms with Crippen molar-refractivity contribution in [2.24, 2.45) is 11.3 Å². The van der Waals surface area contributed by atoms with Crippen LogP contribution in [0.3, 0.4) is 0 Å². The molecule has 0 radical (unpaired) electrons. The van der Waals surface area contributed by atoms with Crippen LogP contribution in [0.5, 0.6) is 0 Å². The van der Waals surface area contributed by atoms with E-state index in [-0.39, 0.29) is 18.3 Å². The fourth-order valence-electron chi connectivity index (χ4n) is 4.38. The fourth-order valence-corrected chi connectivity index (χ4v) is 5.40. The van der Waals surface area contributed by atoms with Crippen molar-refractivity contribution in [2.45, 2.75) is 52.2 Å². The number of hydrogen-bond donors (Lipinski definition) is 1. The van der Waals surface area contributed by atoms with E-state index < -0.39 is 17.1 Å². The Morgan fingerprint density at radius 2 is 2.03 bits per heavy atom. The van der Waals surface area contributed by atoms with Crippen LogP contribution < -0.4 is 5.01 Å². The van der Waals surface area contributed by atoms with Gasteiger partial charge in [-0.05, 0) is 30.0 Å². The van der Waals surface area contributed by atoms with E-state index >= 15 is 0 Å². The standard InChI is InChI=1S/C24H32ClN3O4S/c1-16(2)20(13-29)28(22-26-19(14-33-22)12-21(30)32-5)27-11-10-24(31,23(3,4)15-27)17-6-8-18(25)9-7-17/h6-9,13-14,16,20,31H,10-12,15H2,1-5H3/t20-,24-/m0/s1. The number of aldehydes is 1. The average Bonchev–Trinajstić information content (AvgIpc) is 3.21. The molecule has 1 aliphatic heterocycles. The number of ether oxygens (including phenoxy) is 1. The number of carbonyl (C=O) groups is 2. The molecule has 7 nitrogen and oxygen atoms in total. The molecule has 2 atom stereocenters. The zero-order chi connectivity index (χ0) is 24.4.